The highest BCUT2D eigenvalue weighted by Crippen LogP contribution is 2.38. The summed E-state index contributed by atoms with van der Waals surface area (Å²) in [6, 6.07) is 13.1. The average molecular weight is 328 g/mol. The van der Waals surface area contributed by atoms with Gasteiger partial charge in [0.25, 0.3) is 0 Å². The minimum Gasteiger partial charge on any atom is -0.376 e. The molecule has 1 unspecified atom stereocenters. The van der Waals surface area contributed by atoms with Crippen LogP contribution >= 0.6 is 15.9 Å². The van der Waals surface area contributed by atoms with Gasteiger partial charge < -0.3 is 5.32 Å². The van der Waals surface area contributed by atoms with Gasteiger partial charge in [-0.15, -0.1) is 0 Å². The molecule has 4 rings (SSSR count). The van der Waals surface area contributed by atoms with Gasteiger partial charge in [0, 0.05) is 9.86 Å². The molecule has 2 aromatic carbocycles. The van der Waals surface area contributed by atoms with E-state index in [1.165, 1.54) is 15.6 Å². The summed E-state index contributed by atoms with van der Waals surface area (Å²) >= 11 is 3.65. The fourth-order valence-corrected chi connectivity index (χ4v) is 3.62. The van der Waals surface area contributed by atoms with Crippen molar-refractivity contribution >= 4 is 32.5 Å². The van der Waals surface area contributed by atoms with E-state index in [2.05, 4.69) is 67.8 Å². The van der Waals surface area contributed by atoms with Crippen LogP contribution in [0, 0.1) is 0 Å². The minimum absolute atomic E-state index is 0.372. The Morgan fingerprint density at radius 1 is 1.20 bits per heavy atom. The molecule has 0 amide bonds. The number of aromatic amines is 1. The topological polar surface area (TPSA) is 40.7 Å². The van der Waals surface area contributed by atoms with Crippen LogP contribution in [-0.2, 0) is 6.42 Å². The summed E-state index contributed by atoms with van der Waals surface area (Å²) < 4.78 is 1.22. The lowest BCUT2D eigenvalue weighted by Crippen LogP contribution is -2.07. The lowest BCUT2D eigenvalue weighted by molar-refractivity contribution is 0.762. The first-order valence-electron chi connectivity index (χ1n) is 6.79. The van der Waals surface area contributed by atoms with E-state index in [4.69, 9.17) is 0 Å². The third kappa shape index (κ3) is 1.83. The second-order valence-electron chi connectivity index (χ2n) is 5.18. The summed E-state index contributed by atoms with van der Waals surface area (Å²) in [7, 11) is 0. The summed E-state index contributed by atoms with van der Waals surface area (Å²) in [5, 5.41) is 12.0. The summed E-state index contributed by atoms with van der Waals surface area (Å²) in [5.41, 5.74) is 5.03. The van der Waals surface area contributed by atoms with Crippen molar-refractivity contribution in [3.8, 4) is 0 Å². The molecule has 1 atom stereocenters. The van der Waals surface area contributed by atoms with Gasteiger partial charge >= 0.3 is 0 Å². The molecule has 100 valence electrons. The number of fused-ring (bicyclic) bond motifs is 2. The number of hydrogen-bond donors (Lipinski definition) is 2. The maximum absolute atomic E-state index is 4.12. The molecule has 0 bridgehead atoms. The Kier molecular flexibility index (Phi) is 2.77. The van der Waals surface area contributed by atoms with E-state index in [0.717, 1.165) is 29.4 Å². The van der Waals surface area contributed by atoms with E-state index in [-0.39, 0.29) is 0 Å². The molecule has 0 spiro atoms. The molecule has 0 radical (unpaired) electrons. The van der Waals surface area contributed by atoms with E-state index in [1.807, 2.05) is 6.20 Å². The van der Waals surface area contributed by atoms with Gasteiger partial charge in [-0.25, -0.2) is 0 Å². The Hall–Kier alpha value is -1.81. The molecule has 1 aromatic heterocycles. The van der Waals surface area contributed by atoms with Crippen molar-refractivity contribution < 1.29 is 0 Å². The number of halogens is 1. The molecule has 0 fully saturated rings. The van der Waals surface area contributed by atoms with Crippen molar-refractivity contribution in [3.05, 3.63) is 58.2 Å². The molecule has 1 heterocycles. The van der Waals surface area contributed by atoms with Gasteiger partial charge in [0.15, 0.2) is 0 Å². The Morgan fingerprint density at radius 3 is 3.05 bits per heavy atom. The maximum Gasteiger partial charge on any atom is 0.0881 e. The lowest BCUT2D eigenvalue weighted by atomic mass is 10.1. The Morgan fingerprint density at radius 2 is 2.10 bits per heavy atom. The first-order valence-corrected chi connectivity index (χ1v) is 7.58. The zero-order chi connectivity index (χ0) is 13.5. The van der Waals surface area contributed by atoms with Crippen LogP contribution in [-0.4, -0.2) is 10.2 Å². The van der Waals surface area contributed by atoms with Crippen LogP contribution in [0.2, 0.25) is 0 Å². The molecule has 0 saturated heterocycles. The molecule has 2 N–H and O–H groups in total. The largest absolute Gasteiger partial charge is 0.376 e. The molecule has 1 aliphatic carbocycles. The van der Waals surface area contributed by atoms with Gasteiger partial charge in [0.1, 0.15) is 0 Å². The Labute approximate surface area is 125 Å². The quantitative estimate of drug-likeness (QED) is 0.731. The third-order valence-electron chi connectivity index (χ3n) is 4.02. The van der Waals surface area contributed by atoms with Crippen LogP contribution in [0.25, 0.3) is 10.9 Å². The average Bonchev–Trinajstić information content (AvgIpc) is 3.07. The molecule has 0 saturated carbocycles. The van der Waals surface area contributed by atoms with Crippen molar-refractivity contribution in [2.24, 2.45) is 0 Å². The number of benzene rings is 2. The first kappa shape index (κ1) is 12.0. The predicted octanol–water partition coefficient (Wildman–Crippen LogP) is 4.42. The van der Waals surface area contributed by atoms with E-state index in [1.54, 1.807) is 0 Å². The number of anilines is 1. The van der Waals surface area contributed by atoms with Crippen molar-refractivity contribution in [3.63, 3.8) is 0 Å². The standard InChI is InChI=1S/C16H14BrN3/c17-13-5-2-4-12-11(13)7-8-14(12)19-15-6-1-3-10-9-18-20-16(10)15/h1-6,9,14,19H,7-8H2,(H,18,20). The van der Waals surface area contributed by atoms with Gasteiger partial charge in [-0.2, -0.15) is 5.10 Å². The zero-order valence-electron chi connectivity index (χ0n) is 10.9. The SMILES string of the molecule is Brc1cccc2c1CCC2Nc1cccc2cn[nH]c12. The summed E-state index contributed by atoms with van der Waals surface area (Å²) in [6.07, 6.45) is 4.11. The molecule has 20 heavy (non-hydrogen) atoms. The number of nitrogens with one attached hydrogen (secondary N) is 2. The van der Waals surface area contributed by atoms with Crippen LogP contribution in [0.4, 0.5) is 5.69 Å². The number of H-pyrrole nitrogens is 1. The number of hydrogen-bond acceptors (Lipinski definition) is 2. The second kappa shape index (κ2) is 4.63. The number of rotatable bonds is 2. The van der Waals surface area contributed by atoms with Crippen LogP contribution < -0.4 is 5.32 Å². The number of nitrogens with zero attached hydrogens (tertiary/aromatic N) is 1. The molecule has 3 aromatic rings. The highest BCUT2D eigenvalue weighted by molar-refractivity contribution is 9.10. The fraction of sp³-hybridized carbons (Fsp3) is 0.188. The van der Waals surface area contributed by atoms with E-state index in [0.29, 0.717) is 6.04 Å². The summed E-state index contributed by atoms with van der Waals surface area (Å²) in [4.78, 5) is 0. The summed E-state index contributed by atoms with van der Waals surface area (Å²) in [6.45, 7) is 0. The van der Waals surface area contributed by atoms with E-state index in [9.17, 15) is 0 Å². The molecule has 0 aliphatic heterocycles. The molecular weight excluding hydrogens is 314 g/mol. The first-order chi connectivity index (χ1) is 9.83. The third-order valence-corrected chi connectivity index (χ3v) is 4.76. The molecule has 1 aliphatic rings. The smallest absolute Gasteiger partial charge is 0.0881 e. The highest BCUT2D eigenvalue weighted by atomic mass is 79.9. The lowest BCUT2D eigenvalue weighted by Gasteiger charge is -2.16. The molecule has 3 nitrogen and oxygen atoms in total. The normalized spacial score (nSPS) is 17.4. The van der Waals surface area contributed by atoms with Crippen LogP contribution in [0.15, 0.2) is 47.1 Å². The summed E-state index contributed by atoms with van der Waals surface area (Å²) in [5.74, 6) is 0. The van der Waals surface area contributed by atoms with Gasteiger partial charge in [-0.3, -0.25) is 5.10 Å². The minimum atomic E-state index is 0.372. The predicted molar refractivity (Wildman–Crippen MR) is 84.9 cm³/mol. The second-order valence-corrected chi connectivity index (χ2v) is 6.04. The van der Waals surface area contributed by atoms with Gasteiger partial charge in [-0.05, 0) is 36.1 Å². The molecular formula is C16H14BrN3. The maximum atomic E-state index is 4.12. The van der Waals surface area contributed by atoms with Crippen molar-refractivity contribution in [2.45, 2.75) is 18.9 Å². The van der Waals surface area contributed by atoms with E-state index >= 15 is 0 Å². The van der Waals surface area contributed by atoms with Gasteiger partial charge in [0.05, 0.1) is 23.4 Å². The Balaban J connectivity index is 1.72. The number of aromatic nitrogens is 2. The van der Waals surface area contributed by atoms with Crippen molar-refractivity contribution in [2.75, 3.05) is 5.32 Å². The number of para-hydroxylation sites is 1. The van der Waals surface area contributed by atoms with Crippen molar-refractivity contribution in [1.29, 1.82) is 0 Å². The highest BCUT2D eigenvalue weighted by Gasteiger charge is 2.24. The van der Waals surface area contributed by atoms with Gasteiger partial charge in [-0.1, -0.05) is 40.2 Å². The zero-order valence-corrected chi connectivity index (χ0v) is 12.4. The van der Waals surface area contributed by atoms with E-state index < -0.39 is 0 Å². The van der Waals surface area contributed by atoms with Gasteiger partial charge in [0.2, 0.25) is 0 Å². The Bertz CT molecular complexity index is 778. The van der Waals surface area contributed by atoms with Crippen LogP contribution in [0.3, 0.4) is 0 Å². The van der Waals surface area contributed by atoms with Crippen molar-refractivity contribution in [1.82, 2.24) is 10.2 Å². The monoisotopic (exact) mass is 327 g/mol. The fourth-order valence-electron chi connectivity index (χ4n) is 3.04. The van der Waals surface area contributed by atoms with Crippen LogP contribution in [0.1, 0.15) is 23.6 Å². The molecule has 4 heteroatoms. The van der Waals surface area contributed by atoms with Crippen LogP contribution in [0.5, 0.6) is 0 Å².